The maximum atomic E-state index is 13.8. The van der Waals surface area contributed by atoms with Crippen LogP contribution in [-0.2, 0) is 4.74 Å². The molecule has 1 aliphatic rings. The first-order valence-corrected chi connectivity index (χ1v) is 11.8. The number of ether oxygens (including phenoxy) is 2. The highest BCUT2D eigenvalue weighted by Gasteiger charge is 2.27. The molecule has 0 N–H and O–H groups in total. The highest BCUT2D eigenvalue weighted by Crippen LogP contribution is 2.37. The summed E-state index contributed by atoms with van der Waals surface area (Å²) in [5.41, 5.74) is 3.33. The van der Waals surface area contributed by atoms with Crippen LogP contribution in [0.1, 0.15) is 41.6 Å². The number of aromatic nitrogens is 3. The van der Waals surface area contributed by atoms with E-state index in [1.807, 2.05) is 39.0 Å². The normalized spacial score (nSPS) is 14.9. The van der Waals surface area contributed by atoms with Crippen LogP contribution in [0.2, 0.25) is 0 Å². The number of thiazole rings is 1. The Kier molecular flexibility index (Phi) is 6.78. The van der Waals surface area contributed by atoms with Gasteiger partial charge in [-0.1, -0.05) is 17.4 Å². The first-order valence-electron chi connectivity index (χ1n) is 11.0. The molecule has 2 aromatic heterocycles. The van der Waals surface area contributed by atoms with E-state index in [1.54, 1.807) is 16.7 Å². The monoisotopic (exact) mass is 457 g/mol. The quantitative estimate of drug-likeness (QED) is 0.539. The maximum Gasteiger partial charge on any atom is 0.278 e. The largest absolute Gasteiger partial charge is 0.494 e. The van der Waals surface area contributed by atoms with E-state index in [4.69, 9.17) is 14.5 Å². The lowest BCUT2D eigenvalue weighted by atomic mass is 10.2. The van der Waals surface area contributed by atoms with Crippen LogP contribution >= 0.6 is 11.3 Å². The smallest absolute Gasteiger partial charge is 0.278 e. The zero-order chi connectivity index (χ0) is 22.8. The molecule has 4 rings (SSSR count). The van der Waals surface area contributed by atoms with Gasteiger partial charge in [0.2, 0.25) is 0 Å². The second-order valence-electron chi connectivity index (χ2n) is 8.38. The molecule has 1 saturated heterocycles. The van der Waals surface area contributed by atoms with Crippen molar-refractivity contribution >= 4 is 32.6 Å². The van der Waals surface area contributed by atoms with Crippen molar-refractivity contribution in [2.45, 2.75) is 33.7 Å². The molecule has 1 aliphatic heterocycles. The van der Waals surface area contributed by atoms with Gasteiger partial charge in [0, 0.05) is 32.2 Å². The van der Waals surface area contributed by atoms with Gasteiger partial charge in [-0.2, -0.15) is 5.10 Å². The fourth-order valence-corrected chi connectivity index (χ4v) is 5.01. The number of methoxy groups -OCH3 is 1. The second kappa shape index (κ2) is 9.56. The molecule has 0 atom stereocenters. The number of amides is 1. The topological polar surface area (TPSA) is 72.7 Å². The van der Waals surface area contributed by atoms with Gasteiger partial charge >= 0.3 is 0 Å². The molecule has 0 radical (unpaired) electrons. The van der Waals surface area contributed by atoms with E-state index in [2.05, 4.69) is 16.9 Å². The summed E-state index contributed by atoms with van der Waals surface area (Å²) < 4.78 is 13.9. The molecule has 1 amide bonds. The molecule has 9 heteroatoms. The van der Waals surface area contributed by atoms with Gasteiger partial charge in [-0.25, -0.2) is 4.98 Å². The Labute approximate surface area is 192 Å². The zero-order valence-corrected chi connectivity index (χ0v) is 20.2. The van der Waals surface area contributed by atoms with Crippen molar-refractivity contribution in [2.24, 2.45) is 0 Å². The Morgan fingerprint density at radius 2 is 2.03 bits per heavy atom. The molecule has 172 valence electrons. The summed E-state index contributed by atoms with van der Waals surface area (Å²) in [6, 6.07) is 5.91. The molecule has 1 aromatic carbocycles. The number of hydrogen-bond donors (Lipinski definition) is 0. The van der Waals surface area contributed by atoms with Gasteiger partial charge in [-0.3, -0.25) is 19.3 Å². The average Bonchev–Trinajstić information content (AvgIpc) is 3.40. The summed E-state index contributed by atoms with van der Waals surface area (Å²) in [4.78, 5) is 22.8. The fraction of sp³-hybridized carbons (Fsp3) is 0.522. The Morgan fingerprint density at radius 3 is 2.72 bits per heavy atom. The van der Waals surface area contributed by atoms with Gasteiger partial charge in [0.25, 0.3) is 5.91 Å². The molecular weight excluding hydrogens is 426 g/mol. The van der Waals surface area contributed by atoms with E-state index in [1.165, 1.54) is 11.3 Å². The Hall–Kier alpha value is -2.49. The lowest BCUT2D eigenvalue weighted by Crippen LogP contribution is -2.43. The van der Waals surface area contributed by atoms with Crippen LogP contribution < -0.4 is 9.64 Å². The van der Waals surface area contributed by atoms with Crippen molar-refractivity contribution in [1.29, 1.82) is 0 Å². The molecular formula is C23H31N5O3S. The maximum absolute atomic E-state index is 13.8. The number of nitrogens with zero attached hydrogens (tertiary/aromatic N) is 5. The van der Waals surface area contributed by atoms with Gasteiger partial charge in [0.05, 0.1) is 30.7 Å². The highest BCUT2D eigenvalue weighted by molar-refractivity contribution is 7.22. The van der Waals surface area contributed by atoms with Crippen LogP contribution in [0.15, 0.2) is 18.2 Å². The van der Waals surface area contributed by atoms with Crippen LogP contribution in [0.25, 0.3) is 10.2 Å². The number of benzene rings is 1. The van der Waals surface area contributed by atoms with E-state index >= 15 is 0 Å². The SMILES string of the molecule is COc1ccc(C)c2sc(N(CCN3CCOCC3)C(=O)c3cc(C)nn3C(C)C)nc12. The molecule has 0 bridgehead atoms. The minimum absolute atomic E-state index is 0.0803. The van der Waals surface area contributed by atoms with Crippen LogP contribution in [0.4, 0.5) is 5.13 Å². The summed E-state index contributed by atoms with van der Waals surface area (Å²) >= 11 is 1.53. The molecule has 1 fully saturated rings. The van der Waals surface area contributed by atoms with Crippen molar-refractivity contribution < 1.29 is 14.3 Å². The molecule has 32 heavy (non-hydrogen) atoms. The van der Waals surface area contributed by atoms with Crippen molar-refractivity contribution in [3.05, 3.63) is 35.2 Å². The zero-order valence-electron chi connectivity index (χ0n) is 19.4. The predicted molar refractivity (Wildman–Crippen MR) is 127 cm³/mol. The van der Waals surface area contributed by atoms with Crippen LogP contribution in [0.3, 0.4) is 0 Å². The molecule has 3 heterocycles. The number of anilines is 1. The lowest BCUT2D eigenvalue weighted by molar-refractivity contribution is 0.0391. The third-order valence-electron chi connectivity index (χ3n) is 5.70. The third kappa shape index (κ3) is 4.51. The number of rotatable bonds is 7. The van der Waals surface area contributed by atoms with Crippen molar-refractivity contribution in [3.8, 4) is 5.75 Å². The Bertz CT molecular complexity index is 1100. The number of morpholine rings is 1. The summed E-state index contributed by atoms with van der Waals surface area (Å²) in [5.74, 6) is 0.639. The van der Waals surface area contributed by atoms with Gasteiger partial charge in [-0.15, -0.1) is 0 Å². The first-order chi connectivity index (χ1) is 15.4. The van der Waals surface area contributed by atoms with E-state index in [-0.39, 0.29) is 11.9 Å². The highest BCUT2D eigenvalue weighted by atomic mass is 32.1. The molecule has 3 aromatic rings. The molecule has 0 spiro atoms. The Balaban J connectivity index is 1.73. The fourth-order valence-electron chi connectivity index (χ4n) is 3.94. The molecule has 0 saturated carbocycles. The standard InChI is InChI=1S/C23H31N5O3S/c1-15(2)28-18(14-17(4)25-28)22(29)27(9-8-26-10-12-31-13-11-26)23-24-20-19(30-5)7-6-16(3)21(20)32-23/h6-7,14-15H,8-13H2,1-5H3. The third-order valence-corrected chi connectivity index (χ3v) is 6.91. The minimum Gasteiger partial charge on any atom is -0.494 e. The lowest BCUT2D eigenvalue weighted by Gasteiger charge is -2.29. The van der Waals surface area contributed by atoms with Gasteiger partial charge in [0.1, 0.15) is 17.0 Å². The number of fused-ring (bicyclic) bond motifs is 1. The van der Waals surface area contributed by atoms with Gasteiger partial charge in [0.15, 0.2) is 5.13 Å². The summed E-state index contributed by atoms with van der Waals surface area (Å²) in [6.07, 6.45) is 0. The van der Waals surface area contributed by atoms with Crippen LogP contribution in [0, 0.1) is 13.8 Å². The summed E-state index contributed by atoms with van der Waals surface area (Å²) in [7, 11) is 1.65. The molecule has 8 nitrogen and oxygen atoms in total. The Morgan fingerprint density at radius 1 is 1.28 bits per heavy atom. The van der Waals surface area contributed by atoms with Crippen LogP contribution in [-0.4, -0.2) is 72.1 Å². The van der Waals surface area contributed by atoms with E-state index in [9.17, 15) is 4.79 Å². The summed E-state index contributed by atoms with van der Waals surface area (Å²) in [5, 5.41) is 5.23. The number of carbonyl (C=O) groups excluding carboxylic acids is 1. The van der Waals surface area contributed by atoms with Crippen LogP contribution in [0.5, 0.6) is 5.75 Å². The second-order valence-corrected chi connectivity index (χ2v) is 9.36. The molecule has 0 aliphatic carbocycles. The number of aryl methyl sites for hydroxylation is 2. The van der Waals surface area contributed by atoms with Crippen molar-refractivity contribution in [1.82, 2.24) is 19.7 Å². The summed E-state index contributed by atoms with van der Waals surface area (Å²) in [6.45, 7) is 12.5. The van der Waals surface area contributed by atoms with Crippen molar-refractivity contribution in [3.63, 3.8) is 0 Å². The van der Waals surface area contributed by atoms with Gasteiger partial charge < -0.3 is 9.47 Å². The van der Waals surface area contributed by atoms with Crippen molar-refractivity contribution in [2.75, 3.05) is 51.4 Å². The minimum atomic E-state index is -0.0803. The van der Waals surface area contributed by atoms with Gasteiger partial charge in [-0.05, 0) is 45.4 Å². The number of carbonyl (C=O) groups is 1. The first kappa shape index (κ1) is 22.7. The average molecular weight is 458 g/mol. The van der Waals surface area contributed by atoms with E-state index < -0.39 is 0 Å². The van der Waals surface area contributed by atoms with E-state index in [0.29, 0.717) is 17.4 Å². The predicted octanol–water partition coefficient (Wildman–Crippen LogP) is 3.68. The molecule has 0 unspecified atom stereocenters. The number of hydrogen-bond acceptors (Lipinski definition) is 7. The van der Waals surface area contributed by atoms with E-state index in [0.717, 1.165) is 60.1 Å².